The third-order valence-electron chi connectivity index (χ3n) is 3.87. The number of carbonyl (C=O) groups is 1. The summed E-state index contributed by atoms with van der Waals surface area (Å²) >= 11 is 6.05. The van der Waals surface area contributed by atoms with Crippen molar-refractivity contribution in [1.29, 1.82) is 0 Å². The van der Waals surface area contributed by atoms with Gasteiger partial charge in [-0.1, -0.05) is 23.7 Å². The first-order valence-corrected chi connectivity index (χ1v) is 8.49. The van der Waals surface area contributed by atoms with Gasteiger partial charge in [-0.25, -0.2) is 9.97 Å². The Morgan fingerprint density at radius 3 is 2.58 bits per heavy atom. The number of nitrogens with zero attached hydrogens (tertiary/aromatic N) is 4. The number of pyridine rings is 1. The molecule has 1 N–H and O–H groups in total. The summed E-state index contributed by atoms with van der Waals surface area (Å²) in [5, 5.41) is 3.20. The van der Waals surface area contributed by atoms with Crippen LogP contribution in [-0.2, 0) is 6.42 Å². The predicted octanol–water partition coefficient (Wildman–Crippen LogP) is 3.46. The number of hydrogen-bond acceptors (Lipinski definition) is 5. The Balaban J connectivity index is 1.60. The van der Waals surface area contributed by atoms with Crippen molar-refractivity contribution in [3.05, 3.63) is 77.5 Å². The Morgan fingerprint density at radius 1 is 1.12 bits per heavy atom. The van der Waals surface area contributed by atoms with Crippen molar-refractivity contribution in [3.8, 4) is 0 Å². The smallest absolute Gasteiger partial charge is 0.275 e. The van der Waals surface area contributed by atoms with E-state index in [4.69, 9.17) is 11.6 Å². The minimum absolute atomic E-state index is 0.233. The molecule has 6 nitrogen and oxygen atoms in total. The summed E-state index contributed by atoms with van der Waals surface area (Å²) in [4.78, 5) is 26.8. The largest absolute Gasteiger partial charge is 0.358 e. The van der Waals surface area contributed by atoms with E-state index in [0.717, 1.165) is 13.0 Å². The van der Waals surface area contributed by atoms with Crippen LogP contribution in [0.3, 0.4) is 0 Å². The molecule has 2 aromatic heterocycles. The normalized spacial score (nSPS) is 10.4. The van der Waals surface area contributed by atoms with Gasteiger partial charge >= 0.3 is 0 Å². The zero-order valence-corrected chi connectivity index (χ0v) is 15.0. The Morgan fingerprint density at radius 2 is 1.88 bits per heavy atom. The molecular formula is C19H18ClN5O. The van der Waals surface area contributed by atoms with Crippen molar-refractivity contribution in [2.45, 2.75) is 6.42 Å². The Hall–Kier alpha value is -2.99. The standard InChI is InChI=1S/C19H18ClN5O/c1-25(11-8-14-6-9-21-10-7-14)18-13-22-17(12-23-18)19(26)24-16-5-3-2-4-15(16)20/h2-7,9-10,12-13H,8,11H2,1H3,(H,24,26). The molecule has 0 saturated heterocycles. The number of carbonyl (C=O) groups excluding carboxylic acids is 1. The lowest BCUT2D eigenvalue weighted by Gasteiger charge is -2.17. The summed E-state index contributed by atoms with van der Waals surface area (Å²) in [6, 6.07) is 11.0. The van der Waals surface area contributed by atoms with Crippen LogP contribution in [0.5, 0.6) is 0 Å². The molecule has 26 heavy (non-hydrogen) atoms. The van der Waals surface area contributed by atoms with Crippen molar-refractivity contribution in [2.75, 3.05) is 23.8 Å². The van der Waals surface area contributed by atoms with E-state index in [9.17, 15) is 4.79 Å². The lowest BCUT2D eigenvalue weighted by Crippen LogP contribution is -2.22. The number of hydrogen-bond donors (Lipinski definition) is 1. The monoisotopic (exact) mass is 367 g/mol. The maximum atomic E-state index is 12.3. The maximum absolute atomic E-state index is 12.3. The number of para-hydroxylation sites is 1. The highest BCUT2D eigenvalue weighted by atomic mass is 35.5. The van der Waals surface area contributed by atoms with E-state index in [0.29, 0.717) is 16.5 Å². The second kappa shape index (κ2) is 8.40. The average molecular weight is 368 g/mol. The van der Waals surface area contributed by atoms with Crippen LogP contribution in [0.25, 0.3) is 0 Å². The summed E-state index contributed by atoms with van der Waals surface area (Å²) in [7, 11) is 1.94. The van der Waals surface area contributed by atoms with Crippen molar-refractivity contribution < 1.29 is 4.79 Å². The van der Waals surface area contributed by atoms with Gasteiger partial charge in [0.25, 0.3) is 5.91 Å². The highest BCUT2D eigenvalue weighted by Gasteiger charge is 2.11. The van der Waals surface area contributed by atoms with Gasteiger partial charge in [0.15, 0.2) is 0 Å². The van der Waals surface area contributed by atoms with Crippen molar-refractivity contribution >= 4 is 29.0 Å². The lowest BCUT2D eigenvalue weighted by atomic mass is 10.2. The third kappa shape index (κ3) is 4.55. The number of anilines is 2. The van der Waals surface area contributed by atoms with Crippen molar-refractivity contribution in [1.82, 2.24) is 15.0 Å². The van der Waals surface area contributed by atoms with Gasteiger partial charge in [0.1, 0.15) is 11.5 Å². The molecule has 1 amide bonds. The van der Waals surface area contributed by atoms with Crippen LogP contribution in [0.1, 0.15) is 16.1 Å². The predicted molar refractivity (Wildman–Crippen MR) is 103 cm³/mol. The molecule has 0 aliphatic carbocycles. The first kappa shape index (κ1) is 17.8. The topological polar surface area (TPSA) is 71.0 Å². The minimum atomic E-state index is -0.350. The van der Waals surface area contributed by atoms with Gasteiger partial charge in [-0.3, -0.25) is 9.78 Å². The van der Waals surface area contributed by atoms with Crippen LogP contribution in [0.4, 0.5) is 11.5 Å². The first-order chi connectivity index (χ1) is 12.6. The van der Waals surface area contributed by atoms with Crippen LogP contribution in [-0.4, -0.2) is 34.5 Å². The Kier molecular flexibility index (Phi) is 5.76. The molecule has 0 unspecified atom stereocenters. The molecule has 0 radical (unpaired) electrons. The van der Waals surface area contributed by atoms with E-state index < -0.39 is 0 Å². The molecular weight excluding hydrogens is 350 g/mol. The third-order valence-corrected chi connectivity index (χ3v) is 4.20. The number of amides is 1. The fourth-order valence-electron chi connectivity index (χ4n) is 2.35. The average Bonchev–Trinajstić information content (AvgIpc) is 2.69. The summed E-state index contributed by atoms with van der Waals surface area (Å²) in [5.74, 6) is 0.352. The van der Waals surface area contributed by atoms with Crippen LogP contribution in [0.2, 0.25) is 5.02 Å². The van der Waals surface area contributed by atoms with E-state index in [1.807, 2.05) is 24.1 Å². The number of halogens is 1. The Bertz CT molecular complexity index is 871. The van der Waals surface area contributed by atoms with Gasteiger partial charge in [-0.15, -0.1) is 0 Å². The molecule has 0 spiro atoms. The zero-order chi connectivity index (χ0) is 18.4. The number of nitrogens with one attached hydrogen (secondary N) is 1. The van der Waals surface area contributed by atoms with Gasteiger partial charge in [0.2, 0.25) is 0 Å². The molecule has 0 atom stereocenters. The van der Waals surface area contributed by atoms with Crippen LogP contribution >= 0.6 is 11.6 Å². The SMILES string of the molecule is CN(CCc1ccncc1)c1cnc(C(=O)Nc2ccccc2Cl)cn1. The number of benzene rings is 1. The molecule has 3 rings (SSSR count). The summed E-state index contributed by atoms with van der Waals surface area (Å²) in [6.45, 7) is 0.782. The minimum Gasteiger partial charge on any atom is -0.358 e. The van der Waals surface area contributed by atoms with E-state index in [-0.39, 0.29) is 11.6 Å². The van der Waals surface area contributed by atoms with Gasteiger partial charge in [-0.05, 0) is 36.2 Å². The summed E-state index contributed by atoms with van der Waals surface area (Å²) in [5.41, 5.74) is 1.98. The molecule has 0 bridgehead atoms. The first-order valence-electron chi connectivity index (χ1n) is 8.11. The second-order valence-electron chi connectivity index (χ2n) is 5.72. The highest BCUT2D eigenvalue weighted by Crippen LogP contribution is 2.21. The highest BCUT2D eigenvalue weighted by molar-refractivity contribution is 6.33. The molecule has 0 aliphatic rings. The molecule has 2 heterocycles. The molecule has 7 heteroatoms. The molecule has 0 saturated carbocycles. The van der Waals surface area contributed by atoms with E-state index in [1.165, 1.54) is 11.8 Å². The van der Waals surface area contributed by atoms with E-state index >= 15 is 0 Å². The molecule has 1 aromatic carbocycles. The van der Waals surface area contributed by atoms with Gasteiger partial charge in [0, 0.05) is 26.0 Å². The van der Waals surface area contributed by atoms with Crippen LogP contribution < -0.4 is 10.2 Å². The van der Waals surface area contributed by atoms with Crippen LogP contribution in [0.15, 0.2) is 61.2 Å². The quantitative estimate of drug-likeness (QED) is 0.722. The van der Waals surface area contributed by atoms with Crippen molar-refractivity contribution in [3.63, 3.8) is 0 Å². The summed E-state index contributed by atoms with van der Waals surface area (Å²) in [6.07, 6.45) is 7.48. The molecule has 3 aromatic rings. The fraction of sp³-hybridized carbons (Fsp3) is 0.158. The number of likely N-dealkylation sites (N-methyl/N-ethyl adjacent to an activating group) is 1. The molecule has 0 aliphatic heterocycles. The van der Waals surface area contributed by atoms with Crippen LogP contribution in [0, 0.1) is 0 Å². The molecule has 132 valence electrons. The second-order valence-corrected chi connectivity index (χ2v) is 6.13. The van der Waals surface area contributed by atoms with E-state index in [1.54, 1.807) is 42.9 Å². The number of aromatic nitrogens is 3. The Labute approximate surface area is 156 Å². The summed E-state index contributed by atoms with van der Waals surface area (Å²) < 4.78 is 0. The van der Waals surface area contributed by atoms with Gasteiger partial charge in [-0.2, -0.15) is 0 Å². The van der Waals surface area contributed by atoms with Gasteiger partial charge < -0.3 is 10.2 Å². The fourth-order valence-corrected chi connectivity index (χ4v) is 2.53. The van der Waals surface area contributed by atoms with Crippen molar-refractivity contribution in [2.24, 2.45) is 0 Å². The number of rotatable bonds is 6. The zero-order valence-electron chi connectivity index (χ0n) is 14.3. The molecule has 0 fully saturated rings. The van der Waals surface area contributed by atoms with Gasteiger partial charge in [0.05, 0.1) is 23.1 Å². The maximum Gasteiger partial charge on any atom is 0.275 e. The van der Waals surface area contributed by atoms with E-state index in [2.05, 4.69) is 20.3 Å². The lowest BCUT2D eigenvalue weighted by molar-refractivity contribution is 0.102.